The Morgan fingerprint density at radius 2 is 1.67 bits per heavy atom. The first-order chi connectivity index (χ1) is 11.4. The summed E-state index contributed by atoms with van der Waals surface area (Å²) in [6.07, 6.45) is -0.202. The molecule has 0 aliphatic rings. The number of non-ortho nitro benzene ring substituents is 1. The molecule has 126 valence electrons. The van der Waals surface area contributed by atoms with Gasteiger partial charge in [-0.1, -0.05) is 37.3 Å². The van der Waals surface area contributed by atoms with Crippen molar-refractivity contribution in [1.82, 2.24) is 0 Å². The highest BCUT2D eigenvalue weighted by Gasteiger charge is 2.22. The lowest BCUT2D eigenvalue weighted by molar-refractivity contribution is -0.396. The third-order valence-electron chi connectivity index (χ3n) is 3.67. The van der Waals surface area contributed by atoms with Gasteiger partial charge in [0.1, 0.15) is 4.90 Å². The van der Waals surface area contributed by atoms with Gasteiger partial charge >= 0.3 is 0 Å². The molecule has 0 saturated heterocycles. The van der Waals surface area contributed by atoms with Crippen LogP contribution in [-0.2, 0) is 4.18 Å². The Bertz CT molecular complexity index is 739. The summed E-state index contributed by atoms with van der Waals surface area (Å²) >= 11 is 0.863. The van der Waals surface area contributed by atoms with E-state index in [1.54, 1.807) is 0 Å². The maximum Gasteiger partial charge on any atom is 0.292 e. The Morgan fingerprint density at radius 1 is 1.00 bits per heavy atom. The molecular formula is C16H16N2O5S. The van der Waals surface area contributed by atoms with Crippen molar-refractivity contribution in [3.05, 3.63) is 74.3 Å². The number of rotatable bonds is 7. The van der Waals surface area contributed by atoms with Gasteiger partial charge in [0, 0.05) is 24.0 Å². The Morgan fingerprint density at radius 3 is 2.25 bits per heavy atom. The molecule has 2 rings (SSSR count). The number of hydrogen-bond acceptors (Lipinski definition) is 6. The Kier molecular flexibility index (Phi) is 5.88. The molecule has 0 aliphatic carbocycles. The monoisotopic (exact) mass is 348 g/mol. The fourth-order valence-electron chi connectivity index (χ4n) is 2.07. The standard InChI is InChI=1S/C16H16N2O5S/c1-11(13-6-4-3-5-7-13)12(2)23-24-16-9-8-14(17(19)20)10-15(16)18(21)22/h3-12H,1-2H3/t11-,12+/m0/s1. The van der Waals surface area contributed by atoms with Crippen molar-refractivity contribution < 1.29 is 14.0 Å². The summed E-state index contributed by atoms with van der Waals surface area (Å²) in [7, 11) is 0. The lowest BCUT2D eigenvalue weighted by Crippen LogP contribution is -2.13. The van der Waals surface area contributed by atoms with Gasteiger partial charge < -0.3 is 4.18 Å². The van der Waals surface area contributed by atoms with Crippen LogP contribution < -0.4 is 0 Å². The molecule has 7 nitrogen and oxygen atoms in total. The predicted molar refractivity (Wildman–Crippen MR) is 91.0 cm³/mol. The van der Waals surface area contributed by atoms with E-state index in [0.29, 0.717) is 0 Å². The van der Waals surface area contributed by atoms with Crippen molar-refractivity contribution >= 4 is 23.4 Å². The number of nitro benzene ring substituents is 2. The molecule has 0 N–H and O–H groups in total. The van der Waals surface area contributed by atoms with Crippen LogP contribution in [0.2, 0.25) is 0 Å². The molecule has 0 fully saturated rings. The van der Waals surface area contributed by atoms with E-state index in [-0.39, 0.29) is 28.3 Å². The molecule has 0 unspecified atom stereocenters. The van der Waals surface area contributed by atoms with Gasteiger partial charge in [-0.25, -0.2) is 0 Å². The van der Waals surface area contributed by atoms with Crippen molar-refractivity contribution in [3.8, 4) is 0 Å². The Hall–Kier alpha value is -2.45. The van der Waals surface area contributed by atoms with Gasteiger partial charge in [0.2, 0.25) is 0 Å². The molecule has 2 atom stereocenters. The van der Waals surface area contributed by atoms with Crippen LogP contribution in [0.3, 0.4) is 0 Å². The molecule has 0 saturated carbocycles. The summed E-state index contributed by atoms with van der Waals surface area (Å²) in [5.74, 6) is 0.0933. The van der Waals surface area contributed by atoms with Crippen LogP contribution in [-0.4, -0.2) is 16.0 Å². The summed E-state index contributed by atoms with van der Waals surface area (Å²) in [5, 5.41) is 21.9. The second-order valence-corrected chi connectivity index (χ2v) is 6.05. The molecule has 0 bridgehead atoms. The minimum absolute atomic E-state index is 0.0933. The van der Waals surface area contributed by atoms with Gasteiger partial charge in [0.25, 0.3) is 11.4 Å². The van der Waals surface area contributed by atoms with E-state index in [2.05, 4.69) is 0 Å². The van der Waals surface area contributed by atoms with Crippen molar-refractivity contribution in [2.45, 2.75) is 30.8 Å². The number of nitro groups is 2. The van der Waals surface area contributed by atoms with E-state index >= 15 is 0 Å². The molecule has 0 aromatic heterocycles. The minimum Gasteiger partial charge on any atom is -0.306 e. The maximum atomic E-state index is 11.1. The Balaban J connectivity index is 2.11. The SMILES string of the molecule is C[C@H](c1ccccc1)[C@@H](C)OSc1ccc([N+](=O)[O-])cc1[N+](=O)[O-]. The van der Waals surface area contributed by atoms with Crippen LogP contribution in [0.4, 0.5) is 11.4 Å². The number of benzene rings is 2. The first-order valence-electron chi connectivity index (χ1n) is 7.21. The second-order valence-electron chi connectivity index (χ2n) is 5.25. The zero-order chi connectivity index (χ0) is 17.7. The summed E-state index contributed by atoms with van der Waals surface area (Å²) in [6, 6.07) is 13.3. The van der Waals surface area contributed by atoms with Gasteiger partial charge in [-0.2, -0.15) is 0 Å². The molecule has 0 amide bonds. The highest BCUT2D eigenvalue weighted by atomic mass is 32.2. The zero-order valence-corrected chi connectivity index (χ0v) is 13.9. The third kappa shape index (κ3) is 4.30. The summed E-state index contributed by atoms with van der Waals surface area (Å²) in [4.78, 5) is 20.8. The van der Waals surface area contributed by atoms with Gasteiger partial charge in [0.05, 0.1) is 22.0 Å². The average molecular weight is 348 g/mol. The molecule has 8 heteroatoms. The molecule has 2 aromatic carbocycles. The fraction of sp³-hybridized carbons (Fsp3) is 0.250. The van der Waals surface area contributed by atoms with Crippen molar-refractivity contribution in [2.24, 2.45) is 0 Å². The lowest BCUT2D eigenvalue weighted by Gasteiger charge is -2.19. The number of hydrogen-bond donors (Lipinski definition) is 0. The van der Waals surface area contributed by atoms with Crippen LogP contribution in [0.1, 0.15) is 25.3 Å². The number of nitrogens with zero attached hydrogens (tertiary/aromatic N) is 2. The van der Waals surface area contributed by atoms with Crippen LogP contribution in [0.5, 0.6) is 0 Å². The van der Waals surface area contributed by atoms with Gasteiger partial charge in [-0.05, 0) is 18.6 Å². The zero-order valence-electron chi connectivity index (χ0n) is 13.1. The topological polar surface area (TPSA) is 95.5 Å². The fourth-order valence-corrected chi connectivity index (χ4v) is 2.84. The van der Waals surface area contributed by atoms with Gasteiger partial charge in [-0.15, -0.1) is 0 Å². The quantitative estimate of drug-likeness (QED) is 0.408. The van der Waals surface area contributed by atoms with E-state index in [1.165, 1.54) is 12.1 Å². The van der Waals surface area contributed by atoms with E-state index in [9.17, 15) is 20.2 Å². The van der Waals surface area contributed by atoms with Gasteiger partial charge in [0.15, 0.2) is 0 Å². The molecule has 0 heterocycles. The molecular weight excluding hydrogens is 332 g/mol. The molecule has 24 heavy (non-hydrogen) atoms. The highest BCUT2D eigenvalue weighted by molar-refractivity contribution is 7.94. The smallest absolute Gasteiger partial charge is 0.292 e. The average Bonchev–Trinajstić information content (AvgIpc) is 2.59. The van der Waals surface area contributed by atoms with Crippen molar-refractivity contribution in [1.29, 1.82) is 0 Å². The first kappa shape index (κ1) is 17.9. The largest absolute Gasteiger partial charge is 0.306 e. The third-order valence-corrected chi connectivity index (χ3v) is 4.59. The maximum absolute atomic E-state index is 11.1. The van der Waals surface area contributed by atoms with E-state index in [4.69, 9.17) is 4.18 Å². The molecule has 0 spiro atoms. The Labute approximate surface area is 143 Å². The molecule has 2 aromatic rings. The van der Waals surface area contributed by atoms with Crippen molar-refractivity contribution in [2.75, 3.05) is 0 Å². The lowest BCUT2D eigenvalue weighted by atomic mass is 9.97. The van der Waals surface area contributed by atoms with Crippen molar-refractivity contribution in [3.63, 3.8) is 0 Å². The van der Waals surface area contributed by atoms with E-state index in [0.717, 1.165) is 23.7 Å². The second kappa shape index (κ2) is 7.89. The van der Waals surface area contributed by atoms with Crippen LogP contribution in [0.25, 0.3) is 0 Å². The predicted octanol–water partition coefficient (Wildman–Crippen LogP) is 4.72. The first-order valence-corrected chi connectivity index (χ1v) is 7.95. The minimum atomic E-state index is -0.664. The normalized spacial score (nSPS) is 13.2. The molecule has 0 aliphatic heterocycles. The summed E-state index contributed by atoms with van der Waals surface area (Å²) in [6.45, 7) is 3.88. The summed E-state index contributed by atoms with van der Waals surface area (Å²) in [5.41, 5.74) is 0.439. The van der Waals surface area contributed by atoms with Crippen LogP contribution in [0, 0.1) is 20.2 Å². The van der Waals surface area contributed by atoms with E-state index in [1.807, 2.05) is 44.2 Å². The van der Waals surface area contributed by atoms with Gasteiger partial charge in [-0.3, -0.25) is 20.2 Å². The van der Waals surface area contributed by atoms with Crippen LogP contribution >= 0.6 is 12.0 Å². The summed E-state index contributed by atoms with van der Waals surface area (Å²) < 4.78 is 5.68. The highest BCUT2D eigenvalue weighted by Crippen LogP contribution is 2.35. The van der Waals surface area contributed by atoms with Crippen LogP contribution in [0.15, 0.2) is 53.4 Å². The van der Waals surface area contributed by atoms with E-state index < -0.39 is 9.85 Å². The molecule has 0 radical (unpaired) electrons.